The second-order valence-electron chi connectivity index (χ2n) is 18.1. The van der Waals surface area contributed by atoms with E-state index in [9.17, 15) is 34.5 Å². The summed E-state index contributed by atoms with van der Waals surface area (Å²) in [6, 6.07) is 0. The minimum Gasteiger partial charge on any atom is -0.479 e. The van der Waals surface area contributed by atoms with Gasteiger partial charge in [-0.15, -0.1) is 0 Å². The molecule has 0 aliphatic carbocycles. The van der Waals surface area contributed by atoms with Crippen molar-refractivity contribution in [1.29, 1.82) is 0 Å². The van der Waals surface area contributed by atoms with Gasteiger partial charge in [-0.25, -0.2) is 4.79 Å². The van der Waals surface area contributed by atoms with E-state index in [0.29, 0.717) is 32.1 Å². The third-order valence-corrected chi connectivity index (χ3v) is 11.5. The molecule has 73 heavy (non-hydrogen) atoms. The standard InChI is InChI=1S/C61H94O12/c1-4-7-10-13-16-19-21-23-25-27-29-31-33-36-38-41-44-47-53(62)69-50-52(71-54(63)48-45-42-40-37-34-32-30-28-26-24-22-20-17-14-11-8-5-2)51-70-61-59(57(66)56(65)58(73-61)60(67)68)72-55(64)49-46-43-39-35-18-15-12-9-6-3/h7-8,10-11,16-17,19-20,23-26,29-32,36-38,40,52,56-59,61,65-66H,4-6,9,12-15,18,21-22,27-28,33-35,39,41-51H2,1-3H3,(H,67,68)/b10-7-,11-8-,19-16-,20-17-,25-23-,26-24-,31-29-,32-30-,38-36-,40-37-. The number of aliphatic hydroxyl groups is 2. The van der Waals surface area contributed by atoms with Crippen LogP contribution in [0, 0.1) is 0 Å². The first-order chi connectivity index (χ1) is 35.6. The topological polar surface area (TPSA) is 175 Å². The number of hydrogen-bond donors (Lipinski definition) is 3. The molecule has 0 aromatic carbocycles. The molecule has 3 N–H and O–H groups in total. The molecule has 12 nitrogen and oxygen atoms in total. The fourth-order valence-electron chi connectivity index (χ4n) is 7.38. The van der Waals surface area contributed by atoms with Gasteiger partial charge in [-0.1, -0.05) is 194 Å². The van der Waals surface area contributed by atoms with E-state index in [-0.39, 0.29) is 25.9 Å². The number of aliphatic hydroxyl groups excluding tert-OH is 2. The lowest BCUT2D eigenvalue weighted by atomic mass is 9.98. The third-order valence-electron chi connectivity index (χ3n) is 11.5. The predicted molar refractivity (Wildman–Crippen MR) is 293 cm³/mol. The van der Waals surface area contributed by atoms with E-state index in [2.05, 4.69) is 118 Å². The molecule has 1 saturated heterocycles. The molecule has 410 valence electrons. The van der Waals surface area contributed by atoms with Crippen LogP contribution in [0.2, 0.25) is 0 Å². The first-order valence-electron chi connectivity index (χ1n) is 27.5. The van der Waals surface area contributed by atoms with Crippen molar-refractivity contribution in [3.05, 3.63) is 122 Å². The molecule has 6 atom stereocenters. The number of unbranched alkanes of at least 4 members (excludes halogenated alkanes) is 10. The first kappa shape index (κ1) is 66.1. The highest BCUT2D eigenvalue weighted by atomic mass is 16.7. The Labute approximate surface area is 439 Å². The van der Waals surface area contributed by atoms with Crippen molar-refractivity contribution in [3.8, 4) is 0 Å². The number of carbonyl (C=O) groups is 4. The minimum atomic E-state index is -1.92. The van der Waals surface area contributed by atoms with Crippen molar-refractivity contribution in [2.24, 2.45) is 0 Å². The van der Waals surface area contributed by atoms with E-state index in [0.717, 1.165) is 89.9 Å². The Balaban J connectivity index is 2.79. The van der Waals surface area contributed by atoms with Crippen molar-refractivity contribution < 1.29 is 58.2 Å². The zero-order valence-electron chi connectivity index (χ0n) is 44.8. The second-order valence-corrected chi connectivity index (χ2v) is 18.1. The Morgan fingerprint density at radius 2 is 0.863 bits per heavy atom. The average molecular weight is 1020 g/mol. The highest BCUT2D eigenvalue weighted by molar-refractivity contribution is 5.74. The highest BCUT2D eigenvalue weighted by Gasteiger charge is 2.50. The minimum absolute atomic E-state index is 0.0428. The summed E-state index contributed by atoms with van der Waals surface area (Å²) >= 11 is 0. The summed E-state index contributed by atoms with van der Waals surface area (Å²) in [4.78, 5) is 50.9. The van der Waals surface area contributed by atoms with Crippen molar-refractivity contribution in [1.82, 2.24) is 0 Å². The van der Waals surface area contributed by atoms with Crippen molar-refractivity contribution in [3.63, 3.8) is 0 Å². The Kier molecular flexibility index (Phi) is 43.6. The van der Waals surface area contributed by atoms with Crippen LogP contribution in [0.5, 0.6) is 0 Å². The monoisotopic (exact) mass is 1020 g/mol. The van der Waals surface area contributed by atoms with Gasteiger partial charge in [0.1, 0.15) is 18.8 Å². The average Bonchev–Trinajstić information content (AvgIpc) is 3.37. The molecule has 0 aromatic heterocycles. The van der Waals surface area contributed by atoms with Gasteiger partial charge in [0.2, 0.25) is 0 Å². The number of ether oxygens (including phenoxy) is 5. The van der Waals surface area contributed by atoms with Crippen LogP contribution < -0.4 is 0 Å². The number of esters is 3. The number of carbonyl (C=O) groups excluding carboxylic acids is 3. The molecule has 0 spiro atoms. The maximum atomic E-state index is 13.1. The van der Waals surface area contributed by atoms with E-state index in [1.54, 1.807) is 0 Å². The number of allylic oxidation sites excluding steroid dienone is 20. The van der Waals surface area contributed by atoms with Gasteiger partial charge in [0, 0.05) is 19.3 Å². The lowest BCUT2D eigenvalue weighted by molar-refractivity contribution is -0.301. The molecule has 0 aromatic rings. The summed E-state index contributed by atoms with van der Waals surface area (Å²) in [7, 11) is 0. The number of hydrogen-bond acceptors (Lipinski definition) is 11. The molecule has 1 rings (SSSR count). The summed E-state index contributed by atoms with van der Waals surface area (Å²) in [6.45, 7) is 5.60. The van der Waals surface area contributed by atoms with Gasteiger partial charge in [0.05, 0.1) is 6.61 Å². The molecule has 0 saturated carbocycles. The Bertz CT molecular complexity index is 1730. The van der Waals surface area contributed by atoms with Crippen LogP contribution in [-0.4, -0.2) is 89.2 Å². The lowest BCUT2D eigenvalue weighted by Gasteiger charge is -2.40. The number of aliphatic carboxylic acids is 1. The summed E-state index contributed by atoms with van der Waals surface area (Å²) < 4.78 is 28.2. The molecule has 0 radical (unpaired) electrons. The van der Waals surface area contributed by atoms with Crippen LogP contribution >= 0.6 is 0 Å². The SMILES string of the molecule is CC/C=C\C/C=C\C/C=C\C/C=C\C/C=C\CCCC(=O)OCC(COC1OC(C(=O)O)C(O)C(O)C1OC(=O)CCCCCCCCCCC)OC(=O)CCC/C=C\C/C=C\C/C=C\C/C=C\C/C=C\CC. The van der Waals surface area contributed by atoms with E-state index in [4.69, 9.17) is 23.7 Å². The largest absolute Gasteiger partial charge is 0.479 e. The van der Waals surface area contributed by atoms with Gasteiger partial charge in [0.25, 0.3) is 0 Å². The second kappa shape index (κ2) is 48.1. The van der Waals surface area contributed by atoms with Crippen LogP contribution in [0.15, 0.2) is 122 Å². The van der Waals surface area contributed by atoms with Gasteiger partial charge < -0.3 is 39.0 Å². The Hall–Kier alpha value is -4.88. The zero-order valence-corrected chi connectivity index (χ0v) is 44.8. The summed E-state index contributed by atoms with van der Waals surface area (Å²) in [6.07, 6.45) is 53.5. The van der Waals surface area contributed by atoms with Crippen molar-refractivity contribution in [2.75, 3.05) is 13.2 Å². The van der Waals surface area contributed by atoms with E-state index >= 15 is 0 Å². The maximum absolute atomic E-state index is 13.1. The predicted octanol–water partition coefficient (Wildman–Crippen LogP) is 13.7. The molecule has 0 bridgehead atoms. The third kappa shape index (κ3) is 38.4. The molecular formula is C61H94O12. The Morgan fingerprint density at radius 1 is 0.466 bits per heavy atom. The van der Waals surface area contributed by atoms with Crippen molar-refractivity contribution in [2.45, 2.75) is 225 Å². The molecule has 1 aliphatic rings. The molecule has 1 fully saturated rings. The number of carboxylic acid groups (broad SMARTS) is 1. The van der Waals surface area contributed by atoms with E-state index < -0.39 is 67.3 Å². The van der Waals surface area contributed by atoms with Gasteiger partial charge >= 0.3 is 23.9 Å². The van der Waals surface area contributed by atoms with Crippen LogP contribution in [-0.2, 0) is 42.9 Å². The molecular weight excluding hydrogens is 925 g/mol. The molecule has 1 aliphatic heterocycles. The van der Waals surface area contributed by atoms with Crippen LogP contribution in [0.3, 0.4) is 0 Å². The maximum Gasteiger partial charge on any atom is 0.335 e. The van der Waals surface area contributed by atoms with Gasteiger partial charge in [-0.3, -0.25) is 14.4 Å². The first-order valence-corrected chi connectivity index (χ1v) is 27.5. The fourth-order valence-corrected chi connectivity index (χ4v) is 7.38. The highest BCUT2D eigenvalue weighted by Crippen LogP contribution is 2.26. The molecule has 6 unspecified atom stereocenters. The molecule has 0 amide bonds. The van der Waals surface area contributed by atoms with E-state index in [1.165, 1.54) is 25.7 Å². The van der Waals surface area contributed by atoms with Crippen LogP contribution in [0.25, 0.3) is 0 Å². The van der Waals surface area contributed by atoms with Crippen LogP contribution in [0.1, 0.15) is 188 Å². The van der Waals surface area contributed by atoms with Gasteiger partial charge in [-0.05, 0) is 96.3 Å². The van der Waals surface area contributed by atoms with Crippen molar-refractivity contribution >= 4 is 23.9 Å². The van der Waals surface area contributed by atoms with Gasteiger partial charge in [-0.2, -0.15) is 0 Å². The molecule has 12 heteroatoms. The smallest absolute Gasteiger partial charge is 0.335 e. The summed E-state index contributed by atoms with van der Waals surface area (Å²) in [5.74, 6) is -3.30. The summed E-state index contributed by atoms with van der Waals surface area (Å²) in [5, 5.41) is 31.3. The number of carboxylic acids is 1. The number of rotatable bonds is 44. The quantitative estimate of drug-likeness (QED) is 0.0228. The zero-order chi connectivity index (χ0) is 53.3. The van der Waals surface area contributed by atoms with Gasteiger partial charge in [0.15, 0.2) is 24.6 Å². The van der Waals surface area contributed by atoms with Crippen LogP contribution in [0.4, 0.5) is 0 Å². The molecule has 1 heterocycles. The normalized spacial score (nSPS) is 19.3. The van der Waals surface area contributed by atoms with E-state index in [1.807, 2.05) is 24.3 Å². The summed E-state index contributed by atoms with van der Waals surface area (Å²) in [5.41, 5.74) is 0. The fraction of sp³-hybridized carbons (Fsp3) is 0.607. The Morgan fingerprint density at radius 3 is 1.30 bits per heavy atom. The lowest BCUT2D eigenvalue weighted by Crippen LogP contribution is -2.61.